The number of para-hydroxylation sites is 3. The lowest BCUT2D eigenvalue weighted by molar-refractivity contribution is 0.669. The molecule has 0 aliphatic rings. The van der Waals surface area contributed by atoms with Crippen molar-refractivity contribution in [1.82, 2.24) is 19.5 Å². The molecule has 6 heteroatoms. The van der Waals surface area contributed by atoms with Crippen molar-refractivity contribution in [3.05, 3.63) is 182 Å². The first kappa shape index (κ1) is 31.5. The van der Waals surface area contributed by atoms with Gasteiger partial charge in [0.2, 0.25) is 0 Å². The van der Waals surface area contributed by atoms with Crippen LogP contribution in [0.2, 0.25) is 0 Å². The average molecular weight is 731 g/mol. The second-order valence-electron chi connectivity index (χ2n) is 14.4. The van der Waals surface area contributed by atoms with Crippen molar-refractivity contribution >= 4 is 65.7 Å². The summed E-state index contributed by atoms with van der Waals surface area (Å²) >= 11 is 0. The van der Waals surface area contributed by atoms with Crippen LogP contribution in [0.4, 0.5) is 0 Å². The molecule has 12 aromatic rings. The largest absolute Gasteiger partial charge is 0.456 e. The number of rotatable bonds is 5. The van der Waals surface area contributed by atoms with Gasteiger partial charge in [-0.25, -0.2) is 15.0 Å². The molecule has 0 saturated carbocycles. The summed E-state index contributed by atoms with van der Waals surface area (Å²) in [7, 11) is 0. The van der Waals surface area contributed by atoms with Crippen LogP contribution in [0.1, 0.15) is 0 Å². The number of fused-ring (bicyclic) bond motifs is 9. The van der Waals surface area contributed by atoms with E-state index in [-0.39, 0.29) is 0 Å². The van der Waals surface area contributed by atoms with E-state index in [1.54, 1.807) is 0 Å². The number of benzene rings is 8. The molecule has 0 aliphatic carbocycles. The summed E-state index contributed by atoms with van der Waals surface area (Å²) in [4.78, 5) is 15.0. The third kappa shape index (κ3) is 5.08. The third-order valence-electron chi connectivity index (χ3n) is 11.1. The van der Waals surface area contributed by atoms with Gasteiger partial charge in [0.05, 0.1) is 11.0 Å². The maximum absolute atomic E-state index is 6.62. The van der Waals surface area contributed by atoms with Gasteiger partial charge in [-0.3, -0.25) is 0 Å². The Hall–Kier alpha value is -7.83. The standard InChI is InChI=1S/C51H30N4O2/c1-3-11-31(12-4-1)49-52-50(34-21-25-40-39-16-8-10-18-45(39)56-47(40)29-34)54-51(53-49)35-22-26-42-41-24-20-33(28-46(41)57-48(42)30-35)32-19-23-38-37-15-7-9-17-43(37)55(44(38)27-32)36-13-5-2-6-14-36/h1-30H. The van der Waals surface area contributed by atoms with E-state index in [1.807, 2.05) is 60.7 Å². The van der Waals surface area contributed by atoms with Crippen molar-refractivity contribution in [1.29, 1.82) is 0 Å². The van der Waals surface area contributed by atoms with E-state index in [0.29, 0.717) is 17.5 Å². The van der Waals surface area contributed by atoms with Crippen LogP contribution < -0.4 is 0 Å². The Morgan fingerprint density at radius 1 is 0.298 bits per heavy atom. The van der Waals surface area contributed by atoms with E-state index in [0.717, 1.165) is 77.4 Å². The third-order valence-corrected chi connectivity index (χ3v) is 11.1. The zero-order valence-corrected chi connectivity index (χ0v) is 30.4. The van der Waals surface area contributed by atoms with Crippen molar-refractivity contribution < 1.29 is 8.83 Å². The number of nitrogens with zero attached hydrogens (tertiary/aromatic N) is 4. The molecule has 0 radical (unpaired) electrons. The maximum Gasteiger partial charge on any atom is 0.164 e. The second-order valence-corrected chi connectivity index (χ2v) is 14.4. The normalized spacial score (nSPS) is 11.9. The lowest BCUT2D eigenvalue weighted by Crippen LogP contribution is -2.00. The van der Waals surface area contributed by atoms with Crippen LogP contribution in [0.5, 0.6) is 0 Å². The molecule has 0 spiro atoms. The fraction of sp³-hybridized carbons (Fsp3) is 0. The van der Waals surface area contributed by atoms with E-state index in [9.17, 15) is 0 Å². The Bertz CT molecular complexity index is 3530. The molecule has 8 aromatic carbocycles. The Morgan fingerprint density at radius 2 is 0.737 bits per heavy atom. The van der Waals surface area contributed by atoms with Crippen molar-refractivity contribution in [2.45, 2.75) is 0 Å². The molecule has 4 aromatic heterocycles. The highest BCUT2D eigenvalue weighted by molar-refractivity contribution is 6.11. The summed E-state index contributed by atoms with van der Waals surface area (Å²) in [6.07, 6.45) is 0. The minimum atomic E-state index is 0.564. The highest BCUT2D eigenvalue weighted by Crippen LogP contribution is 2.38. The topological polar surface area (TPSA) is 69.9 Å². The van der Waals surface area contributed by atoms with Gasteiger partial charge >= 0.3 is 0 Å². The van der Waals surface area contributed by atoms with Crippen LogP contribution in [0.15, 0.2) is 191 Å². The van der Waals surface area contributed by atoms with E-state index in [2.05, 4.69) is 126 Å². The number of hydrogen-bond donors (Lipinski definition) is 0. The predicted octanol–water partition coefficient (Wildman–Crippen LogP) is 13.4. The molecule has 0 N–H and O–H groups in total. The van der Waals surface area contributed by atoms with E-state index in [4.69, 9.17) is 23.8 Å². The van der Waals surface area contributed by atoms with E-state index in [1.165, 1.54) is 21.8 Å². The summed E-state index contributed by atoms with van der Waals surface area (Å²) in [5.41, 5.74) is 11.5. The molecule has 0 saturated heterocycles. The van der Waals surface area contributed by atoms with Crippen LogP contribution in [-0.4, -0.2) is 19.5 Å². The first-order valence-corrected chi connectivity index (χ1v) is 19.0. The van der Waals surface area contributed by atoms with Crippen LogP contribution in [0.3, 0.4) is 0 Å². The van der Waals surface area contributed by atoms with E-state index >= 15 is 0 Å². The molecule has 57 heavy (non-hydrogen) atoms. The lowest BCUT2D eigenvalue weighted by Gasteiger charge is -2.09. The summed E-state index contributed by atoms with van der Waals surface area (Å²) in [6, 6.07) is 62.9. The van der Waals surface area contributed by atoms with Crippen molar-refractivity contribution in [2.75, 3.05) is 0 Å². The van der Waals surface area contributed by atoms with Crippen molar-refractivity contribution in [2.24, 2.45) is 0 Å². The van der Waals surface area contributed by atoms with Gasteiger partial charge in [0.1, 0.15) is 22.3 Å². The molecule has 0 fully saturated rings. The molecule has 0 atom stereocenters. The summed E-state index contributed by atoms with van der Waals surface area (Å²) < 4.78 is 15.2. The fourth-order valence-electron chi connectivity index (χ4n) is 8.32. The molecule has 12 rings (SSSR count). The minimum Gasteiger partial charge on any atom is -0.456 e. The quantitative estimate of drug-likeness (QED) is 0.176. The predicted molar refractivity (Wildman–Crippen MR) is 230 cm³/mol. The van der Waals surface area contributed by atoms with Gasteiger partial charge in [0.15, 0.2) is 17.5 Å². The summed E-state index contributed by atoms with van der Waals surface area (Å²) in [6.45, 7) is 0. The molecule has 266 valence electrons. The highest BCUT2D eigenvalue weighted by atomic mass is 16.3. The van der Waals surface area contributed by atoms with E-state index < -0.39 is 0 Å². The number of furan rings is 2. The minimum absolute atomic E-state index is 0.564. The first-order valence-electron chi connectivity index (χ1n) is 19.0. The molecule has 0 amide bonds. The summed E-state index contributed by atoms with van der Waals surface area (Å²) in [5.74, 6) is 1.73. The molecule has 0 bridgehead atoms. The monoisotopic (exact) mass is 730 g/mol. The van der Waals surface area contributed by atoms with Crippen LogP contribution in [0, 0.1) is 0 Å². The van der Waals surface area contributed by atoms with Crippen molar-refractivity contribution in [3.8, 4) is 51.0 Å². The van der Waals surface area contributed by atoms with Crippen molar-refractivity contribution in [3.63, 3.8) is 0 Å². The highest BCUT2D eigenvalue weighted by Gasteiger charge is 2.18. The molecular formula is C51H30N4O2. The van der Waals surface area contributed by atoms with Gasteiger partial charge in [0.25, 0.3) is 0 Å². The number of hydrogen-bond acceptors (Lipinski definition) is 5. The second kappa shape index (κ2) is 12.3. The van der Waals surface area contributed by atoms with Crippen LogP contribution >= 0.6 is 0 Å². The van der Waals surface area contributed by atoms with Gasteiger partial charge in [-0.2, -0.15) is 0 Å². The Morgan fingerprint density at radius 3 is 1.40 bits per heavy atom. The SMILES string of the molecule is c1ccc(-c2nc(-c3ccc4c(c3)oc3ccccc34)nc(-c3ccc4c(c3)oc3cc(-c5ccc6c7ccccc7n(-c7ccccc7)c6c5)ccc34)n2)cc1. The molecule has 6 nitrogen and oxygen atoms in total. The van der Waals surface area contributed by atoms with Gasteiger partial charge in [-0.15, -0.1) is 0 Å². The lowest BCUT2D eigenvalue weighted by atomic mass is 10.0. The van der Waals surface area contributed by atoms with Crippen LogP contribution in [-0.2, 0) is 0 Å². The molecule has 4 heterocycles. The molecule has 0 unspecified atom stereocenters. The molecular weight excluding hydrogens is 701 g/mol. The van der Waals surface area contributed by atoms with Gasteiger partial charge in [-0.05, 0) is 77.9 Å². The first-order chi connectivity index (χ1) is 28.2. The summed E-state index contributed by atoms with van der Waals surface area (Å²) in [5, 5.41) is 6.69. The van der Waals surface area contributed by atoms with Gasteiger partial charge in [-0.1, -0.05) is 115 Å². The molecule has 0 aliphatic heterocycles. The Labute approximate surface area is 325 Å². The van der Waals surface area contributed by atoms with Gasteiger partial charge in [0, 0.05) is 54.7 Å². The van der Waals surface area contributed by atoms with Crippen LogP contribution in [0.25, 0.3) is 117 Å². The van der Waals surface area contributed by atoms with Gasteiger partial charge < -0.3 is 13.4 Å². The smallest absolute Gasteiger partial charge is 0.164 e. The Balaban J connectivity index is 0.964. The number of aromatic nitrogens is 4. The average Bonchev–Trinajstić information content (AvgIpc) is 3.95. The maximum atomic E-state index is 6.62. The zero-order chi connectivity index (χ0) is 37.5. The fourth-order valence-corrected chi connectivity index (χ4v) is 8.32. The Kier molecular flexibility index (Phi) is 6.83. The zero-order valence-electron chi connectivity index (χ0n) is 30.4.